The summed E-state index contributed by atoms with van der Waals surface area (Å²) >= 11 is 1.74. The Labute approximate surface area is 56.5 Å². The Morgan fingerprint density at radius 2 is 2.56 bits per heavy atom. The van der Waals surface area contributed by atoms with E-state index in [4.69, 9.17) is 0 Å². The molecule has 0 saturated heterocycles. The van der Waals surface area contributed by atoms with E-state index >= 15 is 0 Å². The van der Waals surface area contributed by atoms with E-state index in [1.807, 2.05) is 0 Å². The fraction of sp³-hybridized carbons (Fsp3) is 0.167. The highest BCUT2D eigenvalue weighted by molar-refractivity contribution is 7.18. The van der Waals surface area contributed by atoms with Gasteiger partial charge in [0.1, 0.15) is 4.83 Å². The molecule has 0 bridgehead atoms. The lowest BCUT2D eigenvalue weighted by Crippen LogP contribution is -1.54. The highest BCUT2D eigenvalue weighted by atomic mass is 32.1. The second-order valence-corrected chi connectivity index (χ2v) is 3.23. The molecule has 46 valence electrons. The molecule has 0 atom stereocenters. The molecule has 2 nitrogen and oxygen atoms in total. The van der Waals surface area contributed by atoms with E-state index in [2.05, 4.69) is 23.0 Å². The van der Waals surface area contributed by atoms with Crippen LogP contribution < -0.4 is 0 Å². The molecular formula is C6H6N2S. The molecule has 0 radical (unpaired) electrons. The van der Waals surface area contributed by atoms with Crippen molar-refractivity contribution in [3.05, 3.63) is 17.3 Å². The van der Waals surface area contributed by atoms with Gasteiger partial charge in [-0.15, -0.1) is 11.3 Å². The van der Waals surface area contributed by atoms with Gasteiger partial charge in [-0.25, -0.2) is 4.98 Å². The lowest BCUT2D eigenvalue weighted by Gasteiger charge is -1.70. The van der Waals surface area contributed by atoms with Crippen LogP contribution in [0.1, 0.15) is 4.88 Å². The third kappa shape index (κ3) is 0.650. The first kappa shape index (κ1) is 4.99. The van der Waals surface area contributed by atoms with Gasteiger partial charge in [-0.1, -0.05) is 0 Å². The van der Waals surface area contributed by atoms with Crippen LogP contribution in [0.2, 0.25) is 0 Å². The van der Waals surface area contributed by atoms with Gasteiger partial charge in [-0.3, -0.25) is 0 Å². The zero-order valence-electron chi connectivity index (χ0n) is 5.01. The summed E-state index contributed by atoms with van der Waals surface area (Å²) in [5.41, 5.74) is 1.08. The van der Waals surface area contributed by atoms with Gasteiger partial charge in [0.15, 0.2) is 0 Å². The molecule has 3 heteroatoms. The Morgan fingerprint density at radius 1 is 1.67 bits per heavy atom. The number of thiophene rings is 1. The average Bonchev–Trinajstić information content (AvgIpc) is 2.22. The third-order valence-corrected chi connectivity index (χ3v) is 2.21. The summed E-state index contributed by atoms with van der Waals surface area (Å²) in [6.07, 6.45) is 1.72. The topological polar surface area (TPSA) is 28.7 Å². The number of aryl methyl sites for hydroxylation is 1. The maximum atomic E-state index is 4.09. The van der Waals surface area contributed by atoms with Crippen LogP contribution >= 0.6 is 11.3 Å². The number of aromatic nitrogens is 2. The summed E-state index contributed by atoms with van der Waals surface area (Å²) in [6.45, 7) is 2.08. The summed E-state index contributed by atoms with van der Waals surface area (Å²) in [7, 11) is 0. The molecular weight excluding hydrogens is 132 g/mol. The molecule has 1 N–H and O–H groups in total. The van der Waals surface area contributed by atoms with Gasteiger partial charge in [0.2, 0.25) is 0 Å². The van der Waals surface area contributed by atoms with E-state index < -0.39 is 0 Å². The van der Waals surface area contributed by atoms with Crippen molar-refractivity contribution < 1.29 is 0 Å². The molecule has 0 fully saturated rings. The van der Waals surface area contributed by atoms with Crippen molar-refractivity contribution in [3.8, 4) is 0 Å². The SMILES string of the molecule is Cc1cc2nc[nH]c2s1. The zero-order chi connectivity index (χ0) is 6.27. The number of rotatable bonds is 0. The van der Waals surface area contributed by atoms with Gasteiger partial charge < -0.3 is 4.98 Å². The number of H-pyrrole nitrogens is 1. The molecule has 0 aliphatic carbocycles. The van der Waals surface area contributed by atoms with Crippen LogP contribution in [0.4, 0.5) is 0 Å². The van der Waals surface area contributed by atoms with Crippen molar-refractivity contribution in [2.24, 2.45) is 0 Å². The molecule has 0 saturated carbocycles. The van der Waals surface area contributed by atoms with E-state index in [0.717, 1.165) is 5.52 Å². The number of fused-ring (bicyclic) bond motifs is 1. The number of nitrogens with zero attached hydrogens (tertiary/aromatic N) is 1. The molecule has 0 amide bonds. The molecule has 2 aromatic rings. The summed E-state index contributed by atoms with van der Waals surface area (Å²) in [5, 5.41) is 0. The molecule has 2 aromatic heterocycles. The van der Waals surface area contributed by atoms with Crippen LogP contribution in [0, 0.1) is 6.92 Å². The first-order valence-electron chi connectivity index (χ1n) is 2.76. The lowest BCUT2D eigenvalue weighted by molar-refractivity contribution is 1.34. The molecule has 2 rings (SSSR count). The average molecular weight is 138 g/mol. The number of hydrogen-bond donors (Lipinski definition) is 1. The predicted molar refractivity (Wildman–Crippen MR) is 38.7 cm³/mol. The smallest absolute Gasteiger partial charge is 0.120 e. The fourth-order valence-corrected chi connectivity index (χ4v) is 1.68. The summed E-state index contributed by atoms with van der Waals surface area (Å²) in [5.74, 6) is 0. The maximum Gasteiger partial charge on any atom is 0.120 e. The van der Waals surface area contributed by atoms with Crippen molar-refractivity contribution in [2.75, 3.05) is 0 Å². The van der Waals surface area contributed by atoms with Crippen molar-refractivity contribution in [2.45, 2.75) is 6.92 Å². The second-order valence-electron chi connectivity index (χ2n) is 1.97. The molecule has 2 heterocycles. The highest BCUT2D eigenvalue weighted by Gasteiger charge is 1.97. The Hall–Kier alpha value is -0.830. The lowest BCUT2D eigenvalue weighted by atomic mass is 10.5. The third-order valence-electron chi connectivity index (χ3n) is 1.23. The zero-order valence-corrected chi connectivity index (χ0v) is 5.83. The van der Waals surface area contributed by atoms with E-state index in [0.29, 0.717) is 0 Å². The van der Waals surface area contributed by atoms with Crippen molar-refractivity contribution >= 4 is 21.7 Å². The Balaban J connectivity index is 2.92. The van der Waals surface area contributed by atoms with E-state index in [1.165, 1.54) is 9.71 Å². The molecule has 9 heavy (non-hydrogen) atoms. The minimum Gasteiger partial charge on any atom is -0.336 e. The maximum absolute atomic E-state index is 4.09. The van der Waals surface area contributed by atoms with Crippen molar-refractivity contribution in [1.82, 2.24) is 9.97 Å². The summed E-state index contributed by atoms with van der Waals surface area (Å²) in [4.78, 5) is 9.63. The van der Waals surface area contributed by atoms with Crippen LogP contribution in [0.5, 0.6) is 0 Å². The highest BCUT2D eigenvalue weighted by Crippen LogP contribution is 2.20. The van der Waals surface area contributed by atoms with Gasteiger partial charge in [0, 0.05) is 4.88 Å². The quantitative estimate of drug-likeness (QED) is 0.592. The summed E-state index contributed by atoms with van der Waals surface area (Å²) in [6, 6.07) is 2.08. The first-order valence-corrected chi connectivity index (χ1v) is 3.57. The molecule has 0 aliphatic rings. The second kappa shape index (κ2) is 1.57. The monoisotopic (exact) mass is 138 g/mol. The number of hydrogen-bond acceptors (Lipinski definition) is 2. The van der Waals surface area contributed by atoms with E-state index in [-0.39, 0.29) is 0 Å². The first-order chi connectivity index (χ1) is 4.36. The normalized spacial score (nSPS) is 10.8. The Bertz CT molecular complexity index is 292. The molecule has 0 aliphatic heterocycles. The van der Waals surface area contributed by atoms with E-state index in [1.54, 1.807) is 17.7 Å². The van der Waals surface area contributed by atoms with Gasteiger partial charge in [0.05, 0.1) is 11.8 Å². The number of aromatic amines is 1. The van der Waals surface area contributed by atoms with E-state index in [9.17, 15) is 0 Å². The molecule has 0 spiro atoms. The Kier molecular flexibility index (Phi) is 0.873. The van der Waals surface area contributed by atoms with Crippen LogP contribution in [0.15, 0.2) is 12.4 Å². The summed E-state index contributed by atoms with van der Waals surface area (Å²) < 4.78 is 0. The van der Waals surface area contributed by atoms with Crippen LogP contribution in [0.25, 0.3) is 10.3 Å². The standard InChI is InChI=1S/C6H6N2S/c1-4-2-5-6(9-4)8-3-7-5/h2-3H,1H3,(H,7,8). The molecule has 0 unspecified atom stereocenters. The largest absolute Gasteiger partial charge is 0.336 e. The van der Waals surface area contributed by atoms with Gasteiger partial charge in [-0.2, -0.15) is 0 Å². The van der Waals surface area contributed by atoms with Crippen molar-refractivity contribution in [1.29, 1.82) is 0 Å². The Morgan fingerprint density at radius 3 is 3.33 bits per heavy atom. The number of nitrogens with one attached hydrogen (secondary N) is 1. The van der Waals surface area contributed by atoms with Crippen LogP contribution in [-0.2, 0) is 0 Å². The van der Waals surface area contributed by atoms with Crippen LogP contribution in [-0.4, -0.2) is 9.97 Å². The minimum atomic E-state index is 1.08. The van der Waals surface area contributed by atoms with Crippen molar-refractivity contribution in [3.63, 3.8) is 0 Å². The fourth-order valence-electron chi connectivity index (χ4n) is 0.861. The number of imidazole rings is 1. The minimum absolute atomic E-state index is 1.08. The van der Waals surface area contributed by atoms with Gasteiger partial charge in [-0.05, 0) is 13.0 Å². The van der Waals surface area contributed by atoms with Crippen LogP contribution in [0.3, 0.4) is 0 Å². The molecule has 0 aromatic carbocycles. The predicted octanol–water partition coefficient (Wildman–Crippen LogP) is 1.93. The van der Waals surface area contributed by atoms with Gasteiger partial charge in [0.25, 0.3) is 0 Å². The van der Waals surface area contributed by atoms with Gasteiger partial charge >= 0.3 is 0 Å².